The molecule has 4 nitrogen and oxygen atoms in total. The maximum atomic E-state index is 14.2. The summed E-state index contributed by atoms with van der Waals surface area (Å²) in [5.41, 5.74) is 3.48. The fourth-order valence-corrected chi connectivity index (χ4v) is 3.12. The molecule has 0 amide bonds. The molecule has 0 radical (unpaired) electrons. The molecule has 0 bridgehead atoms. The number of hydrogen-bond acceptors (Lipinski definition) is 4. The molecule has 8 heteroatoms. The number of hydrogen-bond donors (Lipinski definition) is 0. The lowest BCUT2D eigenvalue weighted by Gasteiger charge is -2.16. The van der Waals surface area contributed by atoms with Crippen molar-refractivity contribution in [3.05, 3.63) is 77.3 Å². The second-order valence-corrected chi connectivity index (χ2v) is 6.37. The normalized spacial score (nSPS) is 14.4. The summed E-state index contributed by atoms with van der Waals surface area (Å²) >= 11 is 0. The Balaban J connectivity index is 1.55. The molecule has 27 heavy (non-hydrogen) atoms. The van der Waals surface area contributed by atoms with E-state index >= 15 is 0 Å². The van der Waals surface area contributed by atoms with Gasteiger partial charge in [-0.25, -0.2) is 14.4 Å². The zero-order chi connectivity index (χ0) is 19.0. The summed E-state index contributed by atoms with van der Waals surface area (Å²) in [5, 5.41) is 0. The maximum absolute atomic E-state index is 14.2. The van der Waals surface area contributed by atoms with Crippen LogP contribution in [0.15, 0.2) is 48.9 Å². The van der Waals surface area contributed by atoms with Gasteiger partial charge in [0.25, 0.3) is 0 Å². The van der Waals surface area contributed by atoms with Gasteiger partial charge in [0.15, 0.2) is 0 Å². The van der Waals surface area contributed by atoms with Crippen molar-refractivity contribution in [2.45, 2.75) is 25.8 Å². The summed E-state index contributed by atoms with van der Waals surface area (Å²) < 4.78 is 52.0. The van der Waals surface area contributed by atoms with E-state index in [0.29, 0.717) is 23.4 Å². The van der Waals surface area contributed by atoms with E-state index in [0.717, 1.165) is 31.7 Å². The second-order valence-electron chi connectivity index (χ2n) is 6.37. The highest BCUT2D eigenvalue weighted by Crippen LogP contribution is 2.28. The monoisotopic (exact) mass is 374 g/mol. The fraction of sp³-hybridized carbons (Fsp3) is 0.211. The zero-order valence-corrected chi connectivity index (χ0v) is 14.0. The maximum Gasteiger partial charge on any atom is 0.451 e. The van der Waals surface area contributed by atoms with Gasteiger partial charge in [-0.15, -0.1) is 0 Å². The molecule has 3 heterocycles. The van der Waals surface area contributed by atoms with Crippen LogP contribution in [0.2, 0.25) is 0 Å². The first-order valence-corrected chi connectivity index (χ1v) is 8.23. The Morgan fingerprint density at radius 2 is 1.56 bits per heavy atom. The number of nitrogens with zero attached hydrogens (tertiary/aromatic N) is 4. The van der Waals surface area contributed by atoms with Crippen molar-refractivity contribution in [1.82, 2.24) is 19.9 Å². The molecule has 0 unspecified atom stereocenters. The number of benzene rings is 1. The third-order valence-corrected chi connectivity index (χ3v) is 4.44. The fourth-order valence-electron chi connectivity index (χ4n) is 3.12. The van der Waals surface area contributed by atoms with Crippen LogP contribution in [0.3, 0.4) is 0 Å². The number of aromatic nitrogens is 3. The third-order valence-electron chi connectivity index (χ3n) is 4.44. The number of fused-ring (bicyclic) bond motifs is 1. The Labute approximate surface area is 152 Å². The summed E-state index contributed by atoms with van der Waals surface area (Å²) in [6.45, 7) is 1.81. The molecule has 0 saturated heterocycles. The van der Waals surface area contributed by atoms with Crippen LogP contribution in [0.5, 0.6) is 0 Å². The van der Waals surface area contributed by atoms with Crippen LogP contribution in [0.1, 0.15) is 22.5 Å². The van der Waals surface area contributed by atoms with Crippen LogP contribution in [-0.4, -0.2) is 19.9 Å². The van der Waals surface area contributed by atoms with E-state index in [1.807, 2.05) is 24.3 Å². The Morgan fingerprint density at radius 3 is 2.15 bits per heavy atom. The minimum atomic E-state index is -4.61. The Bertz CT molecular complexity index is 945. The quantitative estimate of drug-likeness (QED) is 0.644. The number of pyridine rings is 1. The zero-order valence-electron chi connectivity index (χ0n) is 14.0. The van der Waals surface area contributed by atoms with Crippen LogP contribution in [0, 0.1) is 5.82 Å². The molecule has 0 fully saturated rings. The molecule has 0 atom stereocenters. The SMILES string of the molecule is Fc1cnc(-c2cnc(C(F)(F)F)nc2)cc1CN1Cc2ccccc2C1. The molecule has 0 aliphatic carbocycles. The molecule has 2 aromatic heterocycles. The van der Waals surface area contributed by atoms with Crippen molar-refractivity contribution < 1.29 is 17.6 Å². The minimum absolute atomic E-state index is 0.300. The van der Waals surface area contributed by atoms with Crippen molar-refractivity contribution in [3.8, 4) is 11.3 Å². The summed E-state index contributed by atoms with van der Waals surface area (Å²) in [4.78, 5) is 12.7. The first-order chi connectivity index (χ1) is 12.9. The standard InChI is InChI=1S/C19H14F4N4/c20-16-8-24-17(15-6-25-18(26-7-15)19(21,22)23)5-14(16)11-27-9-12-3-1-2-4-13(12)10-27/h1-8H,9-11H2. The molecule has 3 aromatic rings. The lowest BCUT2D eigenvalue weighted by atomic mass is 10.1. The van der Waals surface area contributed by atoms with E-state index in [1.54, 1.807) is 0 Å². The van der Waals surface area contributed by atoms with Crippen LogP contribution in [-0.2, 0) is 25.8 Å². The van der Waals surface area contributed by atoms with Crippen molar-refractivity contribution in [3.63, 3.8) is 0 Å². The Kier molecular flexibility index (Phi) is 4.35. The predicted molar refractivity (Wildman–Crippen MR) is 89.6 cm³/mol. The molecular weight excluding hydrogens is 360 g/mol. The van der Waals surface area contributed by atoms with Gasteiger partial charge in [0.2, 0.25) is 5.82 Å². The van der Waals surface area contributed by atoms with Gasteiger partial charge in [-0.3, -0.25) is 9.88 Å². The van der Waals surface area contributed by atoms with Gasteiger partial charge in [-0.05, 0) is 17.2 Å². The van der Waals surface area contributed by atoms with Crippen LogP contribution in [0.25, 0.3) is 11.3 Å². The Morgan fingerprint density at radius 1 is 0.926 bits per heavy atom. The van der Waals surface area contributed by atoms with E-state index in [2.05, 4.69) is 19.9 Å². The van der Waals surface area contributed by atoms with Gasteiger partial charge >= 0.3 is 6.18 Å². The van der Waals surface area contributed by atoms with Crippen LogP contribution >= 0.6 is 0 Å². The summed E-state index contributed by atoms with van der Waals surface area (Å²) in [7, 11) is 0. The minimum Gasteiger partial charge on any atom is -0.290 e. The van der Waals surface area contributed by atoms with Gasteiger partial charge in [0.1, 0.15) is 5.82 Å². The lowest BCUT2D eigenvalue weighted by molar-refractivity contribution is -0.144. The highest BCUT2D eigenvalue weighted by atomic mass is 19.4. The van der Waals surface area contributed by atoms with Crippen molar-refractivity contribution in [1.29, 1.82) is 0 Å². The second kappa shape index (κ2) is 6.70. The highest BCUT2D eigenvalue weighted by molar-refractivity contribution is 5.57. The van der Waals surface area contributed by atoms with Gasteiger partial charge in [0.05, 0.1) is 11.9 Å². The number of alkyl halides is 3. The van der Waals surface area contributed by atoms with E-state index in [-0.39, 0.29) is 0 Å². The van der Waals surface area contributed by atoms with E-state index in [4.69, 9.17) is 0 Å². The van der Waals surface area contributed by atoms with Crippen molar-refractivity contribution >= 4 is 0 Å². The molecule has 0 N–H and O–H groups in total. The number of halogens is 4. The van der Waals surface area contributed by atoms with Crippen LogP contribution < -0.4 is 0 Å². The summed E-state index contributed by atoms with van der Waals surface area (Å²) in [6, 6.07) is 9.56. The molecule has 138 valence electrons. The van der Waals surface area contributed by atoms with E-state index in [9.17, 15) is 17.6 Å². The molecule has 1 aromatic carbocycles. The summed E-state index contributed by atoms with van der Waals surface area (Å²) in [5.74, 6) is -1.68. The van der Waals surface area contributed by atoms with Gasteiger partial charge in [-0.2, -0.15) is 13.2 Å². The highest BCUT2D eigenvalue weighted by Gasteiger charge is 2.34. The topological polar surface area (TPSA) is 41.9 Å². The molecule has 0 spiro atoms. The summed E-state index contributed by atoms with van der Waals surface area (Å²) in [6.07, 6.45) is -1.44. The Hall–Kier alpha value is -2.87. The largest absolute Gasteiger partial charge is 0.451 e. The van der Waals surface area contributed by atoms with Gasteiger partial charge in [0, 0.05) is 43.2 Å². The van der Waals surface area contributed by atoms with Crippen LogP contribution in [0.4, 0.5) is 17.6 Å². The molecule has 4 rings (SSSR count). The van der Waals surface area contributed by atoms with Gasteiger partial charge in [-0.1, -0.05) is 24.3 Å². The van der Waals surface area contributed by atoms with Crippen molar-refractivity contribution in [2.75, 3.05) is 0 Å². The van der Waals surface area contributed by atoms with Crippen molar-refractivity contribution in [2.24, 2.45) is 0 Å². The average molecular weight is 374 g/mol. The first-order valence-electron chi connectivity index (χ1n) is 8.23. The number of rotatable bonds is 3. The lowest BCUT2D eigenvalue weighted by Crippen LogP contribution is -2.16. The molecule has 1 aliphatic rings. The van der Waals surface area contributed by atoms with Gasteiger partial charge < -0.3 is 0 Å². The first kappa shape index (κ1) is 17.5. The molecule has 1 aliphatic heterocycles. The van der Waals surface area contributed by atoms with E-state index < -0.39 is 17.8 Å². The smallest absolute Gasteiger partial charge is 0.290 e. The molecule has 0 saturated carbocycles. The van der Waals surface area contributed by atoms with E-state index in [1.165, 1.54) is 17.2 Å². The molecular formula is C19H14F4N4. The average Bonchev–Trinajstić information content (AvgIpc) is 3.05. The third kappa shape index (κ3) is 3.66. The predicted octanol–water partition coefficient (Wildman–Crippen LogP) is 4.21.